The Morgan fingerprint density at radius 3 is 2.12 bits per heavy atom. The van der Waals surface area contributed by atoms with E-state index in [1.807, 2.05) is 13.8 Å². The minimum absolute atomic E-state index is 0.209. The smallest absolute Gasteiger partial charge is 0.0875 e. The number of benzene rings is 1. The Morgan fingerprint density at radius 1 is 1.00 bits per heavy atom. The van der Waals surface area contributed by atoms with Crippen molar-refractivity contribution in [1.82, 2.24) is 0 Å². The number of rotatable bonds is 6. The molecular weight excluding hydrogens is 200 g/mol. The van der Waals surface area contributed by atoms with Crippen molar-refractivity contribution in [2.24, 2.45) is 0 Å². The van der Waals surface area contributed by atoms with E-state index in [-0.39, 0.29) is 5.60 Å². The average molecular weight is 222 g/mol. The van der Waals surface area contributed by atoms with Crippen LogP contribution in [-0.2, 0) is 21.7 Å². The summed E-state index contributed by atoms with van der Waals surface area (Å²) in [6.45, 7) is 10.4. The van der Waals surface area contributed by atoms with E-state index < -0.39 is 0 Å². The molecule has 0 amide bonds. The third-order valence-corrected chi connectivity index (χ3v) is 2.63. The minimum atomic E-state index is -0.209. The quantitative estimate of drug-likeness (QED) is 0.733. The molecule has 90 valence electrons. The minimum Gasteiger partial charge on any atom is -0.377 e. The van der Waals surface area contributed by atoms with E-state index >= 15 is 0 Å². The second-order valence-electron chi connectivity index (χ2n) is 4.28. The van der Waals surface area contributed by atoms with Gasteiger partial charge in [0.15, 0.2) is 0 Å². The van der Waals surface area contributed by atoms with E-state index in [9.17, 15) is 0 Å². The first-order valence-electron chi connectivity index (χ1n) is 5.91. The van der Waals surface area contributed by atoms with Crippen LogP contribution in [0.25, 0.3) is 0 Å². The van der Waals surface area contributed by atoms with Crippen LogP contribution in [0.5, 0.6) is 0 Å². The van der Waals surface area contributed by atoms with Gasteiger partial charge in [-0.1, -0.05) is 24.3 Å². The van der Waals surface area contributed by atoms with Crippen LogP contribution in [0.1, 0.15) is 38.8 Å². The summed E-state index contributed by atoms with van der Waals surface area (Å²) < 4.78 is 11.1. The Morgan fingerprint density at radius 2 is 1.62 bits per heavy atom. The van der Waals surface area contributed by atoms with E-state index in [0.717, 1.165) is 13.2 Å². The van der Waals surface area contributed by atoms with Crippen LogP contribution in [0.15, 0.2) is 24.3 Å². The van der Waals surface area contributed by atoms with Gasteiger partial charge in [-0.25, -0.2) is 0 Å². The maximum atomic E-state index is 5.71. The van der Waals surface area contributed by atoms with Gasteiger partial charge in [0, 0.05) is 13.2 Å². The highest BCUT2D eigenvalue weighted by atomic mass is 16.5. The van der Waals surface area contributed by atoms with E-state index in [1.165, 1.54) is 11.1 Å². The summed E-state index contributed by atoms with van der Waals surface area (Å²) in [6.07, 6.45) is 0. The molecule has 0 N–H and O–H groups in total. The maximum absolute atomic E-state index is 5.71. The zero-order valence-corrected chi connectivity index (χ0v) is 10.7. The summed E-state index contributed by atoms with van der Waals surface area (Å²) >= 11 is 0. The molecule has 0 saturated carbocycles. The standard InChI is InChI=1S/C14H22O2/c1-5-15-11-12-7-9-13(10-8-12)14(3,4)16-6-2/h7-10H,5-6,11H2,1-4H3. The van der Waals surface area contributed by atoms with Gasteiger partial charge in [-0.15, -0.1) is 0 Å². The Kier molecular flexibility index (Phi) is 4.97. The molecular formula is C14H22O2. The molecule has 0 aromatic heterocycles. The van der Waals surface area contributed by atoms with Crippen LogP contribution in [0.3, 0.4) is 0 Å². The topological polar surface area (TPSA) is 18.5 Å². The number of hydrogen-bond acceptors (Lipinski definition) is 2. The van der Waals surface area contributed by atoms with E-state index in [4.69, 9.17) is 9.47 Å². The average Bonchev–Trinajstić information content (AvgIpc) is 2.27. The predicted molar refractivity (Wildman–Crippen MR) is 66.4 cm³/mol. The van der Waals surface area contributed by atoms with Gasteiger partial charge in [0.2, 0.25) is 0 Å². The lowest BCUT2D eigenvalue weighted by Gasteiger charge is -2.25. The van der Waals surface area contributed by atoms with Crippen LogP contribution in [0.2, 0.25) is 0 Å². The largest absolute Gasteiger partial charge is 0.377 e. The fraction of sp³-hybridized carbons (Fsp3) is 0.571. The Bertz CT molecular complexity index is 301. The molecule has 0 atom stereocenters. The molecule has 0 spiro atoms. The van der Waals surface area contributed by atoms with Crippen LogP contribution in [0, 0.1) is 0 Å². The molecule has 1 rings (SSSR count). The van der Waals surface area contributed by atoms with Crippen molar-refractivity contribution in [3.8, 4) is 0 Å². The lowest BCUT2D eigenvalue weighted by Crippen LogP contribution is -2.21. The highest BCUT2D eigenvalue weighted by molar-refractivity contribution is 5.26. The van der Waals surface area contributed by atoms with Crippen LogP contribution >= 0.6 is 0 Å². The summed E-state index contributed by atoms with van der Waals surface area (Å²) in [7, 11) is 0. The fourth-order valence-corrected chi connectivity index (χ4v) is 1.67. The molecule has 0 radical (unpaired) electrons. The van der Waals surface area contributed by atoms with Crippen molar-refractivity contribution < 1.29 is 9.47 Å². The molecule has 0 heterocycles. The maximum Gasteiger partial charge on any atom is 0.0875 e. The Balaban J connectivity index is 2.70. The molecule has 0 saturated heterocycles. The molecule has 2 nitrogen and oxygen atoms in total. The second kappa shape index (κ2) is 6.02. The van der Waals surface area contributed by atoms with E-state index in [2.05, 4.69) is 38.1 Å². The lowest BCUT2D eigenvalue weighted by atomic mass is 9.97. The summed E-state index contributed by atoms with van der Waals surface area (Å²) in [6, 6.07) is 8.44. The van der Waals surface area contributed by atoms with Gasteiger partial charge in [0.25, 0.3) is 0 Å². The normalized spacial score (nSPS) is 11.8. The fourth-order valence-electron chi connectivity index (χ4n) is 1.67. The predicted octanol–water partition coefficient (Wildman–Crippen LogP) is 3.49. The molecule has 1 aromatic carbocycles. The Hall–Kier alpha value is -0.860. The van der Waals surface area contributed by atoms with Gasteiger partial charge in [0.1, 0.15) is 0 Å². The summed E-state index contributed by atoms with van der Waals surface area (Å²) in [4.78, 5) is 0. The monoisotopic (exact) mass is 222 g/mol. The van der Waals surface area contributed by atoms with Gasteiger partial charge in [0.05, 0.1) is 12.2 Å². The molecule has 0 aliphatic heterocycles. The first-order valence-corrected chi connectivity index (χ1v) is 5.91. The SMILES string of the molecule is CCOCc1ccc(C(C)(C)OCC)cc1. The first-order chi connectivity index (χ1) is 7.60. The zero-order valence-electron chi connectivity index (χ0n) is 10.7. The number of ether oxygens (including phenoxy) is 2. The molecule has 0 aliphatic rings. The van der Waals surface area contributed by atoms with Gasteiger partial charge >= 0.3 is 0 Å². The summed E-state index contributed by atoms with van der Waals surface area (Å²) in [5.41, 5.74) is 2.20. The highest BCUT2D eigenvalue weighted by Crippen LogP contribution is 2.24. The van der Waals surface area contributed by atoms with Gasteiger partial charge in [-0.05, 0) is 38.8 Å². The van der Waals surface area contributed by atoms with Gasteiger partial charge < -0.3 is 9.47 Å². The van der Waals surface area contributed by atoms with Crippen LogP contribution in [-0.4, -0.2) is 13.2 Å². The third-order valence-electron chi connectivity index (χ3n) is 2.63. The highest BCUT2D eigenvalue weighted by Gasteiger charge is 2.19. The number of hydrogen-bond donors (Lipinski definition) is 0. The molecule has 2 heteroatoms. The molecule has 16 heavy (non-hydrogen) atoms. The zero-order chi connectivity index (χ0) is 12.0. The summed E-state index contributed by atoms with van der Waals surface area (Å²) in [5, 5.41) is 0. The van der Waals surface area contributed by atoms with E-state index in [0.29, 0.717) is 6.61 Å². The first kappa shape index (κ1) is 13.2. The van der Waals surface area contributed by atoms with Crippen LogP contribution in [0.4, 0.5) is 0 Å². The second-order valence-corrected chi connectivity index (χ2v) is 4.28. The van der Waals surface area contributed by atoms with Gasteiger partial charge in [-0.3, -0.25) is 0 Å². The van der Waals surface area contributed by atoms with Crippen molar-refractivity contribution in [3.63, 3.8) is 0 Å². The van der Waals surface area contributed by atoms with Crippen molar-refractivity contribution in [3.05, 3.63) is 35.4 Å². The van der Waals surface area contributed by atoms with Crippen molar-refractivity contribution >= 4 is 0 Å². The lowest BCUT2D eigenvalue weighted by molar-refractivity contribution is -0.0140. The molecule has 0 aliphatic carbocycles. The molecule has 0 bridgehead atoms. The Labute approximate surface area is 98.6 Å². The van der Waals surface area contributed by atoms with Crippen molar-refractivity contribution in [2.75, 3.05) is 13.2 Å². The van der Waals surface area contributed by atoms with Crippen LogP contribution < -0.4 is 0 Å². The van der Waals surface area contributed by atoms with Crippen molar-refractivity contribution in [1.29, 1.82) is 0 Å². The molecule has 0 unspecified atom stereocenters. The summed E-state index contributed by atoms with van der Waals surface area (Å²) in [5.74, 6) is 0. The molecule has 0 fully saturated rings. The van der Waals surface area contributed by atoms with Crippen molar-refractivity contribution in [2.45, 2.75) is 39.9 Å². The van der Waals surface area contributed by atoms with Gasteiger partial charge in [-0.2, -0.15) is 0 Å². The third kappa shape index (κ3) is 3.62. The van der Waals surface area contributed by atoms with E-state index in [1.54, 1.807) is 0 Å². The molecule has 1 aromatic rings.